The van der Waals surface area contributed by atoms with Gasteiger partial charge in [-0.25, -0.2) is 9.97 Å². The molecule has 0 saturated carbocycles. The van der Waals surface area contributed by atoms with Gasteiger partial charge >= 0.3 is 0 Å². The van der Waals surface area contributed by atoms with Crippen molar-refractivity contribution in [2.24, 2.45) is 0 Å². The fourth-order valence-electron chi connectivity index (χ4n) is 2.10. The molecule has 0 aliphatic rings. The first-order chi connectivity index (χ1) is 9.28. The maximum atomic E-state index is 8.96. The van der Waals surface area contributed by atoms with E-state index in [1.165, 1.54) is 0 Å². The van der Waals surface area contributed by atoms with Gasteiger partial charge in [-0.1, -0.05) is 24.3 Å². The highest BCUT2D eigenvalue weighted by Gasteiger charge is 2.07. The molecule has 0 saturated heterocycles. The van der Waals surface area contributed by atoms with Gasteiger partial charge in [-0.05, 0) is 31.2 Å². The topological polar surface area (TPSA) is 49.6 Å². The Morgan fingerprint density at radius 3 is 2.42 bits per heavy atom. The van der Waals surface area contributed by atoms with Gasteiger partial charge in [0, 0.05) is 5.56 Å². The summed E-state index contributed by atoms with van der Waals surface area (Å²) in [4.78, 5) is 9.21. The van der Waals surface area contributed by atoms with Gasteiger partial charge in [0.15, 0.2) is 0 Å². The molecular weight excluding hydrogens is 234 g/mol. The molecule has 1 aromatic heterocycles. The number of para-hydroxylation sites is 2. The number of hydrogen-bond donors (Lipinski definition) is 0. The summed E-state index contributed by atoms with van der Waals surface area (Å²) in [5.74, 6) is 0. The fraction of sp³-hybridized carbons (Fsp3) is 0.0625. The summed E-state index contributed by atoms with van der Waals surface area (Å²) in [6, 6.07) is 17.4. The molecule has 19 heavy (non-hydrogen) atoms. The van der Waals surface area contributed by atoms with Gasteiger partial charge < -0.3 is 0 Å². The largest absolute Gasteiger partial charge is 0.249 e. The first kappa shape index (κ1) is 11.4. The van der Waals surface area contributed by atoms with Crippen molar-refractivity contribution in [3.05, 3.63) is 59.8 Å². The van der Waals surface area contributed by atoms with Crippen LogP contribution in [0.3, 0.4) is 0 Å². The van der Waals surface area contributed by atoms with E-state index >= 15 is 0 Å². The second-order valence-electron chi connectivity index (χ2n) is 4.34. The summed E-state index contributed by atoms with van der Waals surface area (Å²) >= 11 is 0. The average molecular weight is 245 g/mol. The molecule has 0 aliphatic carbocycles. The Morgan fingerprint density at radius 2 is 1.68 bits per heavy atom. The molecule has 0 N–H and O–H groups in total. The summed E-state index contributed by atoms with van der Waals surface area (Å²) in [6.07, 6.45) is 0. The lowest BCUT2D eigenvalue weighted by molar-refractivity contribution is 1.19. The summed E-state index contributed by atoms with van der Waals surface area (Å²) in [6.45, 7) is 1.94. The van der Waals surface area contributed by atoms with E-state index in [1.54, 1.807) is 6.07 Å². The van der Waals surface area contributed by atoms with E-state index in [1.807, 2.05) is 49.4 Å². The average Bonchev–Trinajstić information content (AvgIpc) is 2.46. The molecule has 3 heteroatoms. The van der Waals surface area contributed by atoms with Crippen molar-refractivity contribution in [1.82, 2.24) is 9.97 Å². The highest BCUT2D eigenvalue weighted by molar-refractivity contribution is 5.78. The van der Waals surface area contributed by atoms with Gasteiger partial charge in [0.2, 0.25) is 0 Å². The van der Waals surface area contributed by atoms with Gasteiger partial charge in [-0.2, -0.15) is 5.26 Å². The van der Waals surface area contributed by atoms with Crippen LogP contribution in [0.4, 0.5) is 0 Å². The van der Waals surface area contributed by atoms with Crippen molar-refractivity contribution in [1.29, 1.82) is 5.26 Å². The summed E-state index contributed by atoms with van der Waals surface area (Å²) in [5.41, 5.74) is 5.01. The van der Waals surface area contributed by atoms with Gasteiger partial charge in [-0.3, -0.25) is 0 Å². The van der Waals surface area contributed by atoms with E-state index in [4.69, 9.17) is 5.26 Å². The monoisotopic (exact) mass is 245 g/mol. The molecular formula is C16H11N3. The number of nitrogens with zero attached hydrogens (tertiary/aromatic N) is 3. The lowest BCUT2D eigenvalue weighted by Crippen LogP contribution is -1.94. The Morgan fingerprint density at radius 1 is 0.947 bits per heavy atom. The third-order valence-corrected chi connectivity index (χ3v) is 3.01. The minimum Gasteiger partial charge on any atom is -0.249 e. The fourth-order valence-corrected chi connectivity index (χ4v) is 2.10. The molecule has 0 radical (unpaired) electrons. The first-order valence-electron chi connectivity index (χ1n) is 6.02. The molecule has 0 bridgehead atoms. The van der Waals surface area contributed by atoms with Crippen molar-refractivity contribution < 1.29 is 0 Å². The summed E-state index contributed by atoms with van der Waals surface area (Å²) in [7, 11) is 0. The summed E-state index contributed by atoms with van der Waals surface area (Å²) in [5, 5.41) is 8.96. The highest BCUT2D eigenvalue weighted by Crippen LogP contribution is 2.23. The van der Waals surface area contributed by atoms with Crippen LogP contribution in [0, 0.1) is 18.3 Å². The summed E-state index contributed by atoms with van der Waals surface area (Å²) < 4.78 is 0. The maximum Gasteiger partial charge on any atom is 0.0991 e. The second kappa shape index (κ2) is 4.51. The third kappa shape index (κ3) is 2.04. The van der Waals surface area contributed by atoms with Crippen LogP contribution in [-0.2, 0) is 0 Å². The van der Waals surface area contributed by atoms with Crippen molar-refractivity contribution >= 4 is 11.0 Å². The van der Waals surface area contributed by atoms with Crippen LogP contribution in [0.15, 0.2) is 48.5 Å². The second-order valence-corrected chi connectivity index (χ2v) is 4.34. The number of hydrogen-bond acceptors (Lipinski definition) is 3. The van der Waals surface area contributed by atoms with Gasteiger partial charge in [0.25, 0.3) is 0 Å². The van der Waals surface area contributed by atoms with E-state index in [-0.39, 0.29) is 0 Å². The first-order valence-corrected chi connectivity index (χ1v) is 6.02. The molecule has 3 aromatic rings. The van der Waals surface area contributed by atoms with E-state index in [0.29, 0.717) is 5.56 Å². The van der Waals surface area contributed by atoms with E-state index in [0.717, 1.165) is 28.0 Å². The molecule has 0 unspecified atom stereocenters. The Labute approximate surface area is 111 Å². The molecule has 3 rings (SSSR count). The predicted octanol–water partition coefficient (Wildman–Crippen LogP) is 3.48. The lowest BCUT2D eigenvalue weighted by atomic mass is 10.1. The van der Waals surface area contributed by atoms with Gasteiger partial charge in [-0.15, -0.1) is 0 Å². The maximum absolute atomic E-state index is 8.96. The quantitative estimate of drug-likeness (QED) is 0.659. The normalized spacial score (nSPS) is 10.3. The Kier molecular flexibility index (Phi) is 2.70. The zero-order valence-corrected chi connectivity index (χ0v) is 10.5. The standard InChI is InChI=1S/C16H11N3/c1-11-16(13-6-4-5-12(9-13)10-17)19-15-8-3-2-7-14(15)18-11/h2-9H,1H3. The number of fused-ring (bicyclic) bond motifs is 1. The SMILES string of the molecule is Cc1nc2ccccc2nc1-c1cccc(C#N)c1. The highest BCUT2D eigenvalue weighted by atomic mass is 14.8. The smallest absolute Gasteiger partial charge is 0.0991 e. The predicted molar refractivity (Wildman–Crippen MR) is 74.4 cm³/mol. The molecule has 0 amide bonds. The van der Waals surface area contributed by atoms with Crippen LogP contribution >= 0.6 is 0 Å². The number of aromatic nitrogens is 2. The van der Waals surface area contributed by atoms with Crippen LogP contribution in [0.1, 0.15) is 11.3 Å². The Balaban J connectivity index is 2.24. The molecule has 0 aliphatic heterocycles. The Hall–Kier alpha value is -2.73. The number of aryl methyl sites for hydroxylation is 1. The van der Waals surface area contributed by atoms with E-state index in [2.05, 4.69) is 16.0 Å². The molecule has 1 heterocycles. The van der Waals surface area contributed by atoms with Crippen LogP contribution in [0.25, 0.3) is 22.3 Å². The molecule has 0 fully saturated rings. The van der Waals surface area contributed by atoms with E-state index < -0.39 is 0 Å². The molecule has 0 spiro atoms. The number of benzene rings is 2. The van der Waals surface area contributed by atoms with E-state index in [9.17, 15) is 0 Å². The van der Waals surface area contributed by atoms with Crippen molar-refractivity contribution in [3.8, 4) is 17.3 Å². The zero-order valence-electron chi connectivity index (χ0n) is 10.5. The number of rotatable bonds is 1. The van der Waals surface area contributed by atoms with Crippen molar-refractivity contribution in [2.75, 3.05) is 0 Å². The lowest BCUT2D eigenvalue weighted by Gasteiger charge is -2.06. The minimum absolute atomic E-state index is 0.631. The zero-order chi connectivity index (χ0) is 13.2. The molecule has 2 aromatic carbocycles. The van der Waals surface area contributed by atoms with Crippen molar-refractivity contribution in [2.45, 2.75) is 6.92 Å². The van der Waals surface area contributed by atoms with Crippen LogP contribution in [0.5, 0.6) is 0 Å². The molecule has 90 valence electrons. The van der Waals surface area contributed by atoms with Crippen LogP contribution in [0.2, 0.25) is 0 Å². The number of nitriles is 1. The van der Waals surface area contributed by atoms with Gasteiger partial charge in [0.05, 0.1) is 34.1 Å². The Bertz CT molecular complexity index is 800. The van der Waals surface area contributed by atoms with Crippen LogP contribution < -0.4 is 0 Å². The van der Waals surface area contributed by atoms with Gasteiger partial charge in [0.1, 0.15) is 0 Å². The minimum atomic E-state index is 0.631. The molecule has 0 atom stereocenters. The molecule has 3 nitrogen and oxygen atoms in total. The van der Waals surface area contributed by atoms with Crippen LogP contribution in [-0.4, -0.2) is 9.97 Å². The van der Waals surface area contributed by atoms with Crippen molar-refractivity contribution in [3.63, 3.8) is 0 Å². The third-order valence-electron chi connectivity index (χ3n) is 3.01.